The van der Waals surface area contributed by atoms with Crippen LogP contribution in [0.15, 0.2) is 48.1 Å². The lowest BCUT2D eigenvalue weighted by molar-refractivity contribution is 0.0754. The average Bonchev–Trinajstić information content (AvgIpc) is 3.18. The number of hydrogen-bond donors (Lipinski definition) is 0. The Morgan fingerprint density at radius 2 is 2.04 bits per heavy atom. The molecule has 3 rings (SSSR count). The number of aryl methyl sites for hydroxylation is 2. The van der Waals surface area contributed by atoms with Gasteiger partial charge in [-0.25, -0.2) is 0 Å². The van der Waals surface area contributed by atoms with Gasteiger partial charge in [0.1, 0.15) is 0 Å². The van der Waals surface area contributed by atoms with E-state index in [0.29, 0.717) is 13.1 Å². The first-order valence-electron chi connectivity index (χ1n) is 8.00. The van der Waals surface area contributed by atoms with E-state index < -0.39 is 0 Å². The highest BCUT2D eigenvalue weighted by atomic mass is 32.1. The van der Waals surface area contributed by atoms with Gasteiger partial charge in [-0.3, -0.25) is 9.48 Å². The third kappa shape index (κ3) is 3.26. The number of aromatic nitrogens is 2. The van der Waals surface area contributed by atoms with Crippen molar-refractivity contribution < 1.29 is 4.79 Å². The lowest BCUT2D eigenvalue weighted by atomic mass is 10.0. The van der Waals surface area contributed by atoms with Crippen LogP contribution in [-0.4, -0.2) is 27.1 Å². The van der Waals surface area contributed by atoms with Crippen LogP contribution in [0.1, 0.15) is 27.7 Å². The summed E-state index contributed by atoms with van der Waals surface area (Å²) < 4.78 is 1.76. The topological polar surface area (TPSA) is 38.1 Å². The summed E-state index contributed by atoms with van der Waals surface area (Å²) in [5, 5.41) is 6.16. The van der Waals surface area contributed by atoms with Gasteiger partial charge in [0.05, 0.1) is 11.8 Å². The van der Waals surface area contributed by atoms with E-state index in [2.05, 4.69) is 24.2 Å². The lowest BCUT2D eigenvalue weighted by Crippen LogP contribution is -2.30. The minimum absolute atomic E-state index is 0.0737. The molecule has 124 valence electrons. The second-order valence-electron chi connectivity index (χ2n) is 5.79. The van der Waals surface area contributed by atoms with E-state index in [0.717, 1.165) is 22.3 Å². The first kappa shape index (κ1) is 16.5. The third-order valence-electron chi connectivity index (χ3n) is 4.07. The zero-order valence-corrected chi connectivity index (χ0v) is 15.0. The number of amides is 1. The first-order valence-corrected chi connectivity index (χ1v) is 8.88. The highest BCUT2D eigenvalue weighted by Gasteiger charge is 2.22. The van der Waals surface area contributed by atoms with Gasteiger partial charge in [-0.1, -0.05) is 30.3 Å². The van der Waals surface area contributed by atoms with Crippen molar-refractivity contribution in [3.05, 3.63) is 64.1 Å². The Hall–Kier alpha value is -2.40. The Morgan fingerprint density at radius 3 is 2.67 bits per heavy atom. The summed E-state index contributed by atoms with van der Waals surface area (Å²) in [7, 11) is 1.89. The van der Waals surface area contributed by atoms with E-state index in [4.69, 9.17) is 0 Å². The molecule has 5 heteroatoms. The van der Waals surface area contributed by atoms with Crippen LogP contribution in [0.4, 0.5) is 0 Å². The Kier molecular flexibility index (Phi) is 4.81. The van der Waals surface area contributed by atoms with E-state index in [-0.39, 0.29) is 5.91 Å². The summed E-state index contributed by atoms with van der Waals surface area (Å²) in [5.74, 6) is 0.0737. The molecule has 1 aromatic carbocycles. The molecule has 0 atom stereocenters. The third-order valence-corrected chi connectivity index (χ3v) is 4.98. The summed E-state index contributed by atoms with van der Waals surface area (Å²) in [6.07, 6.45) is 3.76. The van der Waals surface area contributed by atoms with Crippen molar-refractivity contribution in [2.24, 2.45) is 7.05 Å². The smallest absolute Gasteiger partial charge is 0.255 e. The fraction of sp³-hybridized carbons (Fsp3) is 0.263. The molecule has 0 aliphatic carbocycles. The second kappa shape index (κ2) is 7.01. The number of nitrogens with zero attached hydrogens (tertiary/aromatic N) is 3. The van der Waals surface area contributed by atoms with Crippen molar-refractivity contribution >= 4 is 17.2 Å². The fourth-order valence-electron chi connectivity index (χ4n) is 2.85. The number of carbonyl (C=O) groups is 1. The van der Waals surface area contributed by atoms with Gasteiger partial charge in [0.15, 0.2) is 0 Å². The van der Waals surface area contributed by atoms with Crippen molar-refractivity contribution in [2.75, 3.05) is 6.54 Å². The van der Waals surface area contributed by atoms with Crippen LogP contribution in [0, 0.1) is 6.92 Å². The zero-order chi connectivity index (χ0) is 17.1. The molecular formula is C19H21N3OS. The van der Waals surface area contributed by atoms with Crippen molar-refractivity contribution in [1.82, 2.24) is 14.7 Å². The maximum Gasteiger partial charge on any atom is 0.255 e. The molecule has 0 radical (unpaired) electrons. The Balaban J connectivity index is 1.92. The molecule has 3 aromatic rings. The number of benzene rings is 1. The fourth-order valence-corrected chi connectivity index (χ4v) is 3.71. The maximum absolute atomic E-state index is 13.1. The van der Waals surface area contributed by atoms with Crippen LogP contribution in [0.5, 0.6) is 0 Å². The predicted molar refractivity (Wildman–Crippen MR) is 98.1 cm³/mol. The van der Waals surface area contributed by atoms with Crippen molar-refractivity contribution in [1.29, 1.82) is 0 Å². The standard InChI is InChI=1S/C19H21N3OS/c1-4-22(12-15-10-20-21(3)11-15)19(23)17-13-24-14(2)18(17)16-8-6-5-7-9-16/h5-11,13H,4,12H2,1-3H3. The van der Waals surface area contributed by atoms with Gasteiger partial charge < -0.3 is 4.90 Å². The quantitative estimate of drug-likeness (QED) is 0.701. The highest BCUT2D eigenvalue weighted by Crippen LogP contribution is 2.33. The summed E-state index contributed by atoms with van der Waals surface area (Å²) in [5.41, 5.74) is 3.97. The molecule has 4 nitrogen and oxygen atoms in total. The van der Waals surface area contributed by atoms with Crippen molar-refractivity contribution in [3.63, 3.8) is 0 Å². The molecule has 0 N–H and O–H groups in total. The number of hydrogen-bond acceptors (Lipinski definition) is 3. The van der Waals surface area contributed by atoms with E-state index in [1.807, 2.05) is 54.8 Å². The molecule has 1 amide bonds. The van der Waals surface area contributed by atoms with Gasteiger partial charge >= 0.3 is 0 Å². The predicted octanol–water partition coefficient (Wildman–Crippen LogP) is 4.12. The molecule has 0 saturated heterocycles. The summed E-state index contributed by atoms with van der Waals surface area (Å²) in [4.78, 5) is 16.1. The molecule has 0 saturated carbocycles. The van der Waals surface area contributed by atoms with E-state index in [1.54, 1.807) is 16.0 Å². The number of thiophene rings is 1. The average molecular weight is 339 g/mol. The maximum atomic E-state index is 13.1. The van der Waals surface area contributed by atoms with Crippen LogP contribution in [0.3, 0.4) is 0 Å². The van der Waals surface area contributed by atoms with E-state index >= 15 is 0 Å². The van der Waals surface area contributed by atoms with Gasteiger partial charge in [0, 0.05) is 47.7 Å². The molecule has 24 heavy (non-hydrogen) atoms. The second-order valence-corrected chi connectivity index (χ2v) is 6.87. The molecule has 0 bridgehead atoms. The van der Waals surface area contributed by atoms with Crippen LogP contribution >= 0.6 is 11.3 Å². The van der Waals surface area contributed by atoms with Crippen LogP contribution in [0.25, 0.3) is 11.1 Å². The van der Waals surface area contributed by atoms with Crippen molar-refractivity contribution in [2.45, 2.75) is 20.4 Å². The Labute approximate surface area is 146 Å². The molecule has 2 aromatic heterocycles. The molecule has 0 fully saturated rings. The molecule has 0 aliphatic rings. The van der Waals surface area contributed by atoms with E-state index in [9.17, 15) is 4.79 Å². The zero-order valence-electron chi connectivity index (χ0n) is 14.2. The number of rotatable bonds is 5. The Bertz CT molecular complexity index is 835. The minimum Gasteiger partial charge on any atom is -0.334 e. The first-order chi connectivity index (χ1) is 11.6. The van der Waals surface area contributed by atoms with Crippen molar-refractivity contribution in [3.8, 4) is 11.1 Å². The van der Waals surface area contributed by atoms with Crippen LogP contribution < -0.4 is 0 Å². The largest absolute Gasteiger partial charge is 0.334 e. The van der Waals surface area contributed by atoms with Gasteiger partial charge in [-0.15, -0.1) is 11.3 Å². The summed E-state index contributed by atoms with van der Waals surface area (Å²) >= 11 is 1.63. The van der Waals surface area contributed by atoms with Gasteiger partial charge in [0.25, 0.3) is 5.91 Å². The molecule has 0 unspecified atom stereocenters. The molecule has 0 aliphatic heterocycles. The molecule has 2 heterocycles. The molecular weight excluding hydrogens is 318 g/mol. The summed E-state index contributed by atoms with van der Waals surface area (Å²) in [6, 6.07) is 10.1. The van der Waals surface area contributed by atoms with Gasteiger partial charge in [-0.05, 0) is 19.4 Å². The number of carbonyl (C=O) groups excluding carboxylic acids is 1. The SMILES string of the molecule is CCN(Cc1cnn(C)c1)C(=O)c1csc(C)c1-c1ccccc1. The van der Waals surface area contributed by atoms with Gasteiger partial charge in [-0.2, -0.15) is 5.10 Å². The molecule has 0 spiro atoms. The summed E-state index contributed by atoms with van der Waals surface area (Å²) in [6.45, 7) is 5.32. The highest BCUT2D eigenvalue weighted by molar-refractivity contribution is 7.10. The lowest BCUT2D eigenvalue weighted by Gasteiger charge is -2.20. The monoisotopic (exact) mass is 339 g/mol. The van der Waals surface area contributed by atoms with Crippen LogP contribution in [-0.2, 0) is 13.6 Å². The van der Waals surface area contributed by atoms with Gasteiger partial charge in [0.2, 0.25) is 0 Å². The minimum atomic E-state index is 0.0737. The van der Waals surface area contributed by atoms with Crippen LogP contribution in [0.2, 0.25) is 0 Å². The normalized spacial score (nSPS) is 10.8. The Morgan fingerprint density at radius 1 is 1.29 bits per heavy atom. The van der Waals surface area contributed by atoms with E-state index in [1.165, 1.54) is 4.88 Å².